The molecular weight excluding hydrogens is 256 g/mol. The van der Waals surface area contributed by atoms with E-state index in [1.54, 1.807) is 0 Å². The molecule has 0 aliphatic rings. The van der Waals surface area contributed by atoms with Crippen molar-refractivity contribution in [3.05, 3.63) is 36.4 Å². The highest BCUT2D eigenvalue weighted by molar-refractivity contribution is 7.91. The van der Waals surface area contributed by atoms with Crippen molar-refractivity contribution in [2.24, 2.45) is 5.14 Å². The van der Waals surface area contributed by atoms with E-state index in [0.717, 1.165) is 34.4 Å². The van der Waals surface area contributed by atoms with Crippen molar-refractivity contribution in [3.8, 4) is 0 Å². The average Bonchev–Trinajstić information content (AvgIpc) is 2.68. The lowest BCUT2D eigenvalue weighted by Gasteiger charge is -1.97. The zero-order valence-corrected chi connectivity index (χ0v) is 10.7. The zero-order valence-electron chi connectivity index (χ0n) is 9.09. The van der Waals surface area contributed by atoms with Gasteiger partial charge in [0.05, 0.1) is 10.2 Å². The second-order valence-electron chi connectivity index (χ2n) is 3.65. The molecule has 2 aromatic rings. The molecule has 90 valence electrons. The van der Waals surface area contributed by atoms with Gasteiger partial charge in [-0.2, -0.15) is 0 Å². The van der Waals surface area contributed by atoms with E-state index in [1.165, 1.54) is 0 Å². The number of benzene rings is 1. The summed E-state index contributed by atoms with van der Waals surface area (Å²) in [4.78, 5) is 3.99. The van der Waals surface area contributed by atoms with Gasteiger partial charge in [0, 0.05) is 0 Å². The number of primary sulfonamides is 1. The molecule has 0 aliphatic carbocycles. The van der Waals surface area contributed by atoms with Crippen LogP contribution in [0.4, 0.5) is 0 Å². The lowest BCUT2D eigenvalue weighted by molar-refractivity contribution is 0.597. The maximum atomic E-state index is 11.2. The fraction of sp³-hybridized carbons (Fsp3) is 0.182. The molecule has 1 aromatic carbocycles. The van der Waals surface area contributed by atoms with Gasteiger partial charge < -0.3 is 0 Å². The van der Waals surface area contributed by atoms with Crippen LogP contribution >= 0.6 is 11.3 Å². The summed E-state index contributed by atoms with van der Waals surface area (Å²) in [6.45, 7) is 3.67. The van der Waals surface area contributed by atoms with Crippen LogP contribution in [0.2, 0.25) is 0 Å². The fourth-order valence-electron chi connectivity index (χ4n) is 1.49. The Balaban J connectivity index is 2.44. The molecule has 0 atom stereocenters. The van der Waals surface area contributed by atoms with Gasteiger partial charge in [0.2, 0.25) is 4.34 Å². The zero-order chi connectivity index (χ0) is 12.5. The Morgan fingerprint density at radius 1 is 1.47 bits per heavy atom. The van der Waals surface area contributed by atoms with Crippen LogP contribution in [0.15, 0.2) is 35.2 Å². The summed E-state index contributed by atoms with van der Waals surface area (Å²) >= 11 is 1.10. The summed E-state index contributed by atoms with van der Waals surface area (Å²) < 4.78 is 23.2. The fourth-order valence-corrected chi connectivity index (χ4v) is 3.21. The number of aromatic nitrogens is 1. The predicted molar refractivity (Wildman–Crippen MR) is 69.5 cm³/mol. The van der Waals surface area contributed by atoms with Gasteiger partial charge in [0.15, 0.2) is 0 Å². The van der Waals surface area contributed by atoms with Crippen molar-refractivity contribution in [2.75, 3.05) is 0 Å². The number of nitrogens with two attached hydrogens (primary N) is 1. The van der Waals surface area contributed by atoms with Gasteiger partial charge >= 0.3 is 0 Å². The van der Waals surface area contributed by atoms with Crippen molar-refractivity contribution >= 4 is 31.6 Å². The number of rotatable bonds is 4. The summed E-state index contributed by atoms with van der Waals surface area (Å²) in [6, 6.07) is 5.71. The van der Waals surface area contributed by atoms with Crippen LogP contribution in [0.25, 0.3) is 10.2 Å². The Morgan fingerprint density at radius 3 is 2.88 bits per heavy atom. The molecule has 1 aromatic heterocycles. The van der Waals surface area contributed by atoms with E-state index in [2.05, 4.69) is 11.6 Å². The molecule has 0 spiro atoms. The molecule has 0 fully saturated rings. The second-order valence-corrected chi connectivity index (χ2v) is 6.42. The van der Waals surface area contributed by atoms with Crippen LogP contribution in [-0.2, 0) is 16.4 Å². The molecule has 4 nitrogen and oxygen atoms in total. The third-order valence-corrected chi connectivity index (χ3v) is 4.65. The lowest BCUT2D eigenvalue weighted by atomic mass is 10.1. The molecule has 0 radical (unpaired) electrons. The average molecular weight is 268 g/mol. The van der Waals surface area contributed by atoms with Crippen molar-refractivity contribution in [1.82, 2.24) is 4.98 Å². The maximum Gasteiger partial charge on any atom is 0.265 e. The predicted octanol–water partition coefficient (Wildman–Crippen LogP) is 2.06. The second kappa shape index (κ2) is 4.56. The van der Waals surface area contributed by atoms with E-state index in [1.807, 2.05) is 24.3 Å². The molecule has 0 bridgehead atoms. The Labute approximate surface area is 104 Å². The van der Waals surface area contributed by atoms with Crippen LogP contribution < -0.4 is 5.14 Å². The van der Waals surface area contributed by atoms with E-state index in [9.17, 15) is 8.42 Å². The van der Waals surface area contributed by atoms with Gasteiger partial charge in [-0.3, -0.25) is 0 Å². The number of fused-ring (bicyclic) bond motifs is 1. The maximum absolute atomic E-state index is 11.2. The molecule has 17 heavy (non-hydrogen) atoms. The number of aryl methyl sites for hydroxylation is 1. The molecule has 0 saturated carbocycles. The summed E-state index contributed by atoms with van der Waals surface area (Å²) in [7, 11) is -3.70. The summed E-state index contributed by atoms with van der Waals surface area (Å²) in [5.41, 5.74) is 1.81. The van der Waals surface area contributed by atoms with Crippen LogP contribution in [0, 0.1) is 0 Å². The largest absolute Gasteiger partial charge is 0.265 e. The number of thiazole rings is 1. The highest BCUT2D eigenvalue weighted by Crippen LogP contribution is 2.25. The van der Waals surface area contributed by atoms with Crippen molar-refractivity contribution in [3.63, 3.8) is 0 Å². The van der Waals surface area contributed by atoms with Crippen LogP contribution in [-0.4, -0.2) is 13.4 Å². The van der Waals surface area contributed by atoms with Crippen LogP contribution in [0.3, 0.4) is 0 Å². The number of hydrogen-bond acceptors (Lipinski definition) is 4. The van der Waals surface area contributed by atoms with Gasteiger partial charge in [-0.1, -0.05) is 12.1 Å². The molecule has 1 heterocycles. The van der Waals surface area contributed by atoms with Crippen LogP contribution in [0.1, 0.15) is 12.0 Å². The molecule has 0 unspecified atom stereocenters. The topological polar surface area (TPSA) is 73.0 Å². The van der Waals surface area contributed by atoms with Crippen molar-refractivity contribution < 1.29 is 8.42 Å². The lowest BCUT2D eigenvalue weighted by Crippen LogP contribution is -2.11. The summed E-state index contributed by atoms with van der Waals surface area (Å²) in [5.74, 6) is 0. The molecule has 6 heteroatoms. The first-order valence-corrected chi connectivity index (χ1v) is 7.40. The summed E-state index contributed by atoms with van der Waals surface area (Å²) in [6.07, 6.45) is 3.64. The minimum atomic E-state index is -3.70. The Morgan fingerprint density at radius 2 is 2.24 bits per heavy atom. The standard InChI is InChI=1S/C11H12N2O2S2/c1-2-3-4-8-5-6-9-10(7-8)16-11(13-9)17(12,14)15/h2,5-7H,1,3-4H2,(H2,12,14,15). The number of sulfonamides is 1. The smallest absolute Gasteiger partial charge is 0.224 e. The van der Waals surface area contributed by atoms with E-state index in [4.69, 9.17) is 5.14 Å². The molecule has 0 saturated heterocycles. The highest BCUT2D eigenvalue weighted by Gasteiger charge is 2.14. The SMILES string of the molecule is C=CCCc1ccc2nc(S(N)(=O)=O)sc2c1. The Hall–Kier alpha value is -1.24. The monoisotopic (exact) mass is 268 g/mol. The van der Waals surface area contributed by atoms with Gasteiger partial charge in [0.25, 0.3) is 10.0 Å². The normalized spacial score (nSPS) is 11.8. The Bertz CT molecular complexity index is 659. The summed E-state index contributed by atoms with van der Waals surface area (Å²) in [5, 5.41) is 5.05. The van der Waals surface area contributed by atoms with Crippen molar-refractivity contribution in [1.29, 1.82) is 0 Å². The van der Waals surface area contributed by atoms with E-state index < -0.39 is 10.0 Å². The minimum Gasteiger partial charge on any atom is -0.224 e. The first-order chi connectivity index (χ1) is 8.00. The first-order valence-electron chi connectivity index (χ1n) is 5.04. The quantitative estimate of drug-likeness (QED) is 0.863. The number of nitrogens with zero attached hydrogens (tertiary/aromatic N) is 1. The van der Waals surface area contributed by atoms with E-state index in [-0.39, 0.29) is 4.34 Å². The van der Waals surface area contributed by atoms with Gasteiger partial charge in [-0.05, 0) is 30.5 Å². The molecule has 0 amide bonds. The third-order valence-electron chi connectivity index (χ3n) is 2.31. The molecular formula is C11H12N2O2S2. The number of hydrogen-bond donors (Lipinski definition) is 1. The number of allylic oxidation sites excluding steroid dienone is 1. The highest BCUT2D eigenvalue weighted by atomic mass is 32.2. The van der Waals surface area contributed by atoms with Gasteiger partial charge in [0.1, 0.15) is 0 Å². The van der Waals surface area contributed by atoms with E-state index >= 15 is 0 Å². The van der Waals surface area contributed by atoms with Gasteiger partial charge in [-0.25, -0.2) is 18.5 Å². The van der Waals surface area contributed by atoms with Gasteiger partial charge in [-0.15, -0.1) is 17.9 Å². The first kappa shape index (κ1) is 12.2. The van der Waals surface area contributed by atoms with Crippen LogP contribution in [0.5, 0.6) is 0 Å². The third kappa shape index (κ3) is 2.71. The van der Waals surface area contributed by atoms with Crippen molar-refractivity contribution in [2.45, 2.75) is 17.2 Å². The van der Waals surface area contributed by atoms with E-state index in [0.29, 0.717) is 5.52 Å². The molecule has 2 rings (SSSR count). The Kier molecular flexibility index (Phi) is 3.28. The minimum absolute atomic E-state index is 0.0339. The molecule has 2 N–H and O–H groups in total. The molecule has 0 aliphatic heterocycles.